The van der Waals surface area contributed by atoms with Crippen molar-refractivity contribution in [2.45, 2.75) is 84.2 Å². The molecule has 0 saturated heterocycles. The normalized spacial score (nSPS) is 50.2. The third-order valence-corrected chi connectivity index (χ3v) is 9.17. The zero-order valence-electron chi connectivity index (χ0n) is 16.3. The molecule has 0 aromatic heterocycles. The van der Waals surface area contributed by atoms with E-state index in [-0.39, 0.29) is 5.92 Å². The molecule has 4 aliphatic carbocycles. The van der Waals surface area contributed by atoms with Gasteiger partial charge in [0.15, 0.2) is 0 Å². The molecule has 4 aliphatic rings. The maximum absolute atomic E-state index is 11.4. The van der Waals surface area contributed by atoms with Crippen molar-refractivity contribution in [3.05, 3.63) is 11.6 Å². The molecule has 2 nitrogen and oxygen atoms in total. The van der Waals surface area contributed by atoms with Gasteiger partial charge in [-0.25, -0.2) is 0 Å². The van der Waals surface area contributed by atoms with E-state index in [2.05, 4.69) is 26.8 Å². The summed E-state index contributed by atoms with van der Waals surface area (Å²) in [5.74, 6) is 4.02. The Morgan fingerprint density at radius 2 is 2.04 bits per heavy atom. The van der Waals surface area contributed by atoms with Gasteiger partial charge in [-0.2, -0.15) is 0 Å². The lowest BCUT2D eigenvalue weighted by Crippen LogP contribution is -2.48. The van der Waals surface area contributed by atoms with Crippen LogP contribution in [0.4, 0.5) is 0 Å². The number of aldehydes is 1. The average Bonchev–Trinajstić information content (AvgIpc) is 2.98. The minimum Gasteiger partial charge on any atom is -0.390 e. The SMILES string of the molecule is CC[C@]1(O)CC[C@H]2C(=CC[C@@H]3C2CC[C@]2(C)[C@@H]([C@H](C)C=O)CC[C@@H]32)C1. The highest BCUT2D eigenvalue weighted by molar-refractivity contribution is 5.53. The van der Waals surface area contributed by atoms with Gasteiger partial charge in [-0.05, 0) is 92.8 Å². The van der Waals surface area contributed by atoms with Crippen molar-refractivity contribution in [2.24, 2.45) is 40.9 Å². The fraction of sp³-hybridized carbons (Fsp3) is 0.870. The highest BCUT2D eigenvalue weighted by Gasteiger charge is 2.57. The molecule has 0 amide bonds. The summed E-state index contributed by atoms with van der Waals surface area (Å²) in [6, 6.07) is 0. The standard InChI is InChI=1S/C23H36O2/c1-4-23(25)12-10-17-16(13-23)5-6-19-18(17)9-11-22(3)20(15(2)14-24)7-8-21(19)22/h5,14-15,17-21,25H,4,6-13H2,1-3H3/t15-,17+,18?,19-,20-,21+,22-,23+/m1/s1. The summed E-state index contributed by atoms with van der Waals surface area (Å²) in [7, 11) is 0. The van der Waals surface area contributed by atoms with Gasteiger partial charge in [0, 0.05) is 5.92 Å². The molecule has 0 spiro atoms. The average molecular weight is 345 g/mol. The molecule has 0 aromatic rings. The van der Waals surface area contributed by atoms with Crippen molar-refractivity contribution in [1.82, 2.24) is 0 Å². The maximum Gasteiger partial charge on any atom is 0.123 e. The van der Waals surface area contributed by atoms with Crippen LogP contribution in [0.25, 0.3) is 0 Å². The molecule has 1 unspecified atom stereocenters. The number of hydrogen-bond acceptors (Lipinski definition) is 2. The number of allylic oxidation sites excluding steroid dienone is 1. The van der Waals surface area contributed by atoms with Crippen molar-refractivity contribution < 1.29 is 9.90 Å². The highest BCUT2D eigenvalue weighted by Crippen LogP contribution is 2.64. The van der Waals surface area contributed by atoms with Crippen LogP contribution in [0.15, 0.2) is 11.6 Å². The molecule has 0 heterocycles. The minimum atomic E-state index is -0.434. The van der Waals surface area contributed by atoms with Gasteiger partial charge >= 0.3 is 0 Å². The van der Waals surface area contributed by atoms with E-state index in [1.165, 1.54) is 44.8 Å². The van der Waals surface area contributed by atoms with Crippen LogP contribution >= 0.6 is 0 Å². The van der Waals surface area contributed by atoms with E-state index in [0.29, 0.717) is 11.3 Å². The summed E-state index contributed by atoms with van der Waals surface area (Å²) < 4.78 is 0. The van der Waals surface area contributed by atoms with Crippen LogP contribution < -0.4 is 0 Å². The highest BCUT2D eigenvalue weighted by atomic mass is 16.3. The second kappa shape index (κ2) is 6.22. The van der Waals surface area contributed by atoms with Gasteiger partial charge in [-0.3, -0.25) is 0 Å². The molecule has 2 heteroatoms. The Morgan fingerprint density at radius 3 is 2.76 bits per heavy atom. The lowest BCUT2D eigenvalue weighted by molar-refractivity contribution is -0.114. The van der Waals surface area contributed by atoms with Gasteiger partial charge in [-0.1, -0.05) is 32.4 Å². The summed E-state index contributed by atoms with van der Waals surface area (Å²) in [4.78, 5) is 11.4. The Hall–Kier alpha value is -0.630. The molecule has 0 aliphatic heterocycles. The van der Waals surface area contributed by atoms with Crippen LogP contribution in [0.5, 0.6) is 0 Å². The predicted molar refractivity (Wildman–Crippen MR) is 101 cm³/mol. The first kappa shape index (κ1) is 17.8. The van der Waals surface area contributed by atoms with Crippen LogP contribution in [0.3, 0.4) is 0 Å². The van der Waals surface area contributed by atoms with E-state index in [9.17, 15) is 9.90 Å². The van der Waals surface area contributed by atoms with Crippen LogP contribution in [0, 0.1) is 40.9 Å². The Kier molecular flexibility index (Phi) is 4.42. The zero-order chi connectivity index (χ0) is 17.8. The number of aliphatic hydroxyl groups is 1. The molecular weight excluding hydrogens is 308 g/mol. The van der Waals surface area contributed by atoms with Gasteiger partial charge in [0.05, 0.1) is 5.60 Å². The Labute approximate surface area is 153 Å². The first-order valence-corrected chi connectivity index (χ1v) is 10.8. The van der Waals surface area contributed by atoms with Crippen molar-refractivity contribution >= 4 is 6.29 Å². The van der Waals surface area contributed by atoms with Gasteiger partial charge < -0.3 is 9.90 Å². The number of rotatable bonds is 3. The number of carbonyl (C=O) groups excluding carboxylic acids is 1. The Morgan fingerprint density at radius 1 is 1.24 bits per heavy atom. The van der Waals surface area contributed by atoms with E-state index in [0.717, 1.165) is 42.9 Å². The lowest BCUT2D eigenvalue weighted by atomic mass is 9.50. The number of fused-ring (bicyclic) bond motifs is 5. The van der Waals surface area contributed by atoms with E-state index in [1.807, 2.05) is 0 Å². The summed E-state index contributed by atoms with van der Waals surface area (Å²) in [6.45, 7) is 6.77. The molecule has 0 bridgehead atoms. The van der Waals surface area contributed by atoms with E-state index < -0.39 is 5.60 Å². The first-order chi connectivity index (χ1) is 11.9. The molecule has 140 valence electrons. The fourth-order valence-electron chi connectivity index (χ4n) is 7.67. The van der Waals surface area contributed by atoms with Crippen LogP contribution in [0.2, 0.25) is 0 Å². The summed E-state index contributed by atoms with van der Waals surface area (Å²) in [5, 5.41) is 10.8. The Bertz CT molecular complexity index is 566. The third kappa shape index (κ3) is 2.66. The van der Waals surface area contributed by atoms with E-state index in [4.69, 9.17) is 0 Å². The molecule has 3 saturated carbocycles. The molecule has 3 fully saturated rings. The van der Waals surface area contributed by atoms with Crippen molar-refractivity contribution in [2.75, 3.05) is 0 Å². The first-order valence-electron chi connectivity index (χ1n) is 10.8. The largest absolute Gasteiger partial charge is 0.390 e. The second-order valence-electron chi connectivity index (χ2n) is 10.1. The summed E-state index contributed by atoms with van der Waals surface area (Å²) in [5.41, 5.74) is 1.53. The molecule has 4 rings (SSSR count). The topological polar surface area (TPSA) is 37.3 Å². The molecular formula is C23H36O2. The van der Waals surface area contributed by atoms with Gasteiger partial charge in [-0.15, -0.1) is 0 Å². The van der Waals surface area contributed by atoms with E-state index in [1.54, 1.807) is 5.57 Å². The molecule has 8 atom stereocenters. The van der Waals surface area contributed by atoms with Crippen molar-refractivity contribution in [3.63, 3.8) is 0 Å². The van der Waals surface area contributed by atoms with Gasteiger partial charge in [0.25, 0.3) is 0 Å². The maximum atomic E-state index is 11.4. The smallest absolute Gasteiger partial charge is 0.123 e. The number of carbonyl (C=O) groups is 1. The molecule has 1 N–H and O–H groups in total. The van der Waals surface area contributed by atoms with Gasteiger partial charge in [0.1, 0.15) is 6.29 Å². The van der Waals surface area contributed by atoms with Crippen LogP contribution in [-0.2, 0) is 4.79 Å². The monoisotopic (exact) mass is 344 g/mol. The third-order valence-electron chi connectivity index (χ3n) is 9.17. The lowest BCUT2D eigenvalue weighted by Gasteiger charge is -2.55. The Balaban J connectivity index is 1.57. The van der Waals surface area contributed by atoms with Crippen molar-refractivity contribution in [3.8, 4) is 0 Å². The zero-order valence-corrected chi connectivity index (χ0v) is 16.3. The minimum absolute atomic E-state index is 0.218. The van der Waals surface area contributed by atoms with E-state index >= 15 is 0 Å². The second-order valence-corrected chi connectivity index (χ2v) is 10.1. The fourth-order valence-corrected chi connectivity index (χ4v) is 7.67. The molecule has 0 aromatic carbocycles. The predicted octanol–water partition coefficient (Wildman–Crippen LogP) is 5.15. The quantitative estimate of drug-likeness (QED) is 0.568. The van der Waals surface area contributed by atoms with Crippen molar-refractivity contribution in [1.29, 1.82) is 0 Å². The summed E-state index contributed by atoms with van der Waals surface area (Å²) in [6.07, 6.45) is 14.2. The summed E-state index contributed by atoms with van der Waals surface area (Å²) >= 11 is 0. The van der Waals surface area contributed by atoms with Gasteiger partial charge in [0.2, 0.25) is 0 Å². The van der Waals surface area contributed by atoms with Crippen LogP contribution in [-0.4, -0.2) is 17.0 Å². The number of hydrogen-bond donors (Lipinski definition) is 1. The van der Waals surface area contributed by atoms with Crippen LogP contribution in [0.1, 0.15) is 78.6 Å². The molecule has 0 radical (unpaired) electrons. The molecule has 25 heavy (non-hydrogen) atoms.